The van der Waals surface area contributed by atoms with E-state index in [1.165, 1.54) is 72.3 Å². The van der Waals surface area contributed by atoms with Crippen LogP contribution in [0.5, 0.6) is 11.5 Å². The Kier molecular flexibility index (Phi) is 6.83. The molecule has 0 unspecified atom stereocenters. The van der Waals surface area contributed by atoms with Crippen molar-refractivity contribution in [2.24, 2.45) is 0 Å². The fraction of sp³-hybridized carbons (Fsp3) is 0.0357. The minimum Gasteiger partial charge on any atom is -0.457 e. The molecule has 0 saturated heterocycles. The number of hydrogen-bond acceptors (Lipinski definition) is 1. The van der Waals surface area contributed by atoms with E-state index in [-0.39, 0.29) is 5.41 Å². The van der Waals surface area contributed by atoms with E-state index in [9.17, 15) is 0 Å². The summed E-state index contributed by atoms with van der Waals surface area (Å²) in [7, 11) is 0. The Morgan fingerprint density at radius 2 is 0.719 bits per heavy atom. The summed E-state index contributed by atoms with van der Waals surface area (Å²) in [5.74, 6) is 1.77. The van der Waals surface area contributed by atoms with Gasteiger partial charge in [-0.1, -0.05) is 200 Å². The van der Waals surface area contributed by atoms with E-state index in [0.29, 0.717) is 0 Å². The van der Waals surface area contributed by atoms with E-state index in [1.54, 1.807) is 0 Å². The molecule has 9 aromatic carbocycles. The summed E-state index contributed by atoms with van der Waals surface area (Å²) in [6.45, 7) is 0. The molecule has 1 nitrogen and oxygen atoms in total. The van der Waals surface area contributed by atoms with Crippen LogP contribution >= 0.6 is 0 Å². The fourth-order valence-corrected chi connectivity index (χ4v) is 10.6. The summed E-state index contributed by atoms with van der Waals surface area (Å²) < 4.78 is 6.70. The van der Waals surface area contributed by atoms with Crippen molar-refractivity contribution < 1.29 is 4.74 Å². The SMILES string of the molecule is c1ccc(C2(c3ccccc3)c3ccccc3Oc3ccc(-c4ccc(-c5cccc6c5-c5ccccc5C65c6ccccc6-c6ccccc65)cc4)cc32)cc1. The summed E-state index contributed by atoms with van der Waals surface area (Å²) in [5, 5.41) is 0. The largest absolute Gasteiger partial charge is 0.457 e. The van der Waals surface area contributed by atoms with Crippen molar-refractivity contribution in [3.63, 3.8) is 0 Å². The molecular formula is C56H36O. The van der Waals surface area contributed by atoms with Gasteiger partial charge in [-0.15, -0.1) is 0 Å². The second-order valence-corrected chi connectivity index (χ2v) is 15.5. The van der Waals surface area contributed by atoms with Gasteiger partial charge >= 0.3 is 0 Å². The third kappa shape index (κ3) is 4.29. The highest BCUT2D eigenvalue weighted by Crippen LogP contribution is 2.64. The highest BCUT2D eigenvalue weighted by Gasteiger charge is 2.52. The van der Waals surface area contributed by atoms with E-state index in [0.717, 1.165) is 28.2 Å². The molecule has 0 amide bonds. The molecule has 0 aromatic heterocycles. The van der Waals surface area contributed by atoms with Gasteiger partial charge < -0.3 is 4.74 Å². The van der Waals surface area contributed by atoms with Crippen LogP contribution in [0.3, 0.4) is 0 Å². The van der Waals surface area contributed by atoms with Gasteiger partial charge in [-0.25, -0.2) is 0 Å². The van der Waals surface area contributed by atoms with E-state index in [4.69, 9.17) is 4.74 Å². The molecule has 57 heavy (non-hydrogen) atoms. The number of para-hydroxylation sites is 1. The highest BCUT2D eigenvalue weighted by molar-refractivity contribution is 6.00. The molecule has 0 atom stereocenters. The van der Waals surface area contributed by atoms with Crippen LogP contribution in [-0.2, 0) is 10.8 Å². The lowest BCUT2D eigenvalue weighted by atomic mass is 9.63. The molecule has 0 radical (unpaired) electrons. The number of fused-ring (bicyclic) bond motifs is 12. The highest BCUT2D eigenvalue weighted by atomic mass is 16.5. The van der Waals surface area contributed by atoms with Crippen molar-refractivity contribution in [2.45, 2.75) is 10.8 Å². The first-order chi connectivity index (χ1) is 28.3. The van der Waals surface area contributed by atoms with E-state index in [2.05, 4.69) is 218 Å². The summed E-state index contributed by atoms with van der Waals surface area (Å²) >= 11 is 0. The topological polar surface area (TPSA) is 9.23 Å². The van der Waals surface area contributed by atoms with Crippen LogP contribution in [0, 0.1) is 0 Å². The molecule has 1 aliphatic heterocycles. The molecule has 1 heteroatoms. The Morgan fingerprint density at radius 1 is 0.263 bits per heavy atom. The Labute approximate surface area is 333 Å². The number of benzene rings is 9. The monoisotopic (exact) mass is 724 g/mol. The van der Waals surface area contributed by atoms with Crippen molar-refractivity contribution in [2.75, 3.05) is 0 Å². The molecule has 12 rings (SSSR count). The standard InChI is InChI=1S/C56H36O/c1-3-16-40(17-4-1)55(41-18-5-2-6-19-41)49-27-13-14-29-52(49)57-53-35-34-39(36-51(53)55)37-30-32-38(33-31-37)42-23-15-28-50-54(42)45-22-9-12-26-48(45)56(50)46-24-10-7-20-43(46)44-21-8-11-25-47(44)56/h1-36H. The molecule has 9 aromatic rings. The zero-order valence-electron chi connectivity index (χ0n) is 31.2. The third-order valence-electron chi connectivity index (χ3n) is 12.9. The summed E-state index contributed by atoms with van der Waals surface area (Å²) in [6.07, 6.45) is 0. The van der Waals surface area contributed by atoms with Gasteiger partial charge in [-0.3, -0.25) is 0 Å². The third-order valence-corrected chi connectivity index (χ3v) is 12.9. The van der Waals surface area contributed by atoms with Crippen molar-refractivity contribution >= 4 is 0 Å². The lowest BCUT2D eigenvalue weighted by molar-refractivity contribution is 0.434. The van der Waals surface area contributed by atoms with Crippen molar-refractivity contribution in [1.29, 1.82) is 0 Å². The average molecular weight is 725 g/mol. The number of rotatable bonds is 4. The average Bonchev–Trinajstić information content (AvgIpc) is 3.76. The Balaban J connectivity index is 1.02. The molecule has 1 spiro atoms. The van der Waals surface area contributed by atoms with Gasteiger partial charge in [0, 0.05) is 11.1 Å². The second-order valence-electron chi connectivity index (χ2n) is 15.5. The van der Waals surface area contributed by atoms with Gasteiger partial charge in [0.2, 0.25) is 0 Å². The van der Waals surface area contributed by atoms with E-state index < -0.39 is 5.41 Å². The summed E-state index contributed by atoms with van der Waals surface area (Å²) in [4.78, 5) is 0. The maximum atomic E-state index is 6.70. The van der Waals surface area contributed by atoms with E-state index in [1.807, 2.05) is 0 Å². The smallest absolute Gasteiger partial charge is 0.132 e. The Morgan fingerprint density at radius 3 is 1.37 bits per heavy atom. The van der Waals surface area contributed by atoms with Crippen LogP contribution in [0.15, 0.2) is 218 Å². The predicted octanol–water partition coefficient (Wildman–Crippen LogP) is 13.9. The van der Waals surface area contributed by atoms with Crippen molar-refractivity contribution in [3.8, 4) is 56.0 Å². The van der Waals surface area contributed by atoms with Crippen LogP contribution < -0.4 is 4.74 Å². The summed E-state index contributed by atoms with van der Waals surface area (Å²) in [6, 6.07) is 80.2. The first-order valence-corrected chi connectivity index (χ1v) is 19.8. The van der Waals surface area contributed by atoms with Gasteiger partial charge in [-0.05, 0) is 96.1 Å². The first-order valence-electron chi connectivity index (χ1n) is 19.8. The summed E-state index contributed by atoms with van der Waals surface area (Å²) in [5.41, 5.74) is 19.3. The molecule has 0 saturated carbocycles. The molecule has 0 bridgehead atoms. The molecule has 3 aliphatic rings. The van der Waals surface area contributed by atoms with Crippen LogP contribution in [0.4, 0.5) is 0 Å². The molecular weight excluding hydrogens is 689 g/mol. The molecule has 2 aliphatic carbocycles. The molecule has 1 heterocycles. The lowest BCUT2D eigenvalue weighted by Gasteiger charge is -2.41. The van der Waals surface area contributed by atoms with Crippen LogP contribution in [-0.4, -0.2) is 0 Å². The Bertz CT molecular complexity index is 2940. The Hall–Kier alpha value is -7.22. The van der Waals surface area contributed by atoms with Gasteiger partial charge in [0.05, 0.1) is 10.8 Å². The van der Waals surface area contributed by atoms with Gasteiger partial charge in [0.25, 0.3) is 0 Å². The lowest BCUT2D eigenvalue weighted by Crippen LogP contribution is -2.34. The molecule has 266 valence electrons. The zero-order chi connectivity index (χ0) is 37.6. The first kappa shape index (κ1) is 32.1. The number of ether oxygens (including phenoxy) is 1. The molecule has 0 fully saturated rings. The normalized spacial score (nSPS) is 14.4. The van der Waals surface area contributed by atoms with Crippen molar-refractivity contribution in [3.05, 3.63) is 263 Å². The minimum atomic E-state index is -0.561. The molecule has 0 N–H and O–H groups in total. The maximum absolute atomic E-state index is 6.70. The predicted molar refractivity (Wildman–Crippen MR) is 232 cm³/mol. The maximum Gasteiger partial charge on any atom is 0.132 e. The van der Waals surface area contributed by atoms with E-state index >= 15 is 0 Å². The minimum absolute atomic E-state index is 0.358. The quantitative estimate of drug-likeness (QED) is 0.176. The zero-order valence-corrected chi connectivity index (χ0v) is 31.2. The van der Waals surface area contributed by atoms with Gasteiger partial charge in [0.1, 0.15) is 11.5 Å². The number of hydrogen-bond donors (Lipinski definition) is 0. The fourth-order valence-electron chi connectivity index (χ4n) is 10.6. The second kappa shape index (κ2) is 12.1. The van der Waals surface area contributed by atoms with Crippen LogP contribution in [0.2, 0.25) is 0 Å². The van der Waals surface area contributed by atoms with Crippen molar-refractivity contribution in [1.82, 2.24) is 0 Å². The van der Waals surface area contributed by atoms with Crippen LogP contribution in [0.1, 0.15) is 44.5 Å². The van der Waals surface area contributed by atoms with Gasteiger partial charge in [-0.2, -0.15) is 0 Å². The van der Waals surface area contributed by atoms with Gasteiger partial charge in [0.15, 0.2) is 0 Å². The van der Waals surface area contributed by atoms with Crippen LogP contribution in [0.25, 0.3) is 44.5 Å².